The third-order valence-corrected chi connectivity index (χ3v) is 4.70. The third-order valence-electron chi connectivity index (χ3n) is 4.48. The van der Waals surface area contributed by atoms with E-state index >= 15 is 0 Å². The summed E-state index contributed by atoms with van der Waals surface area (Å²) in [6, 6.07) is 3.65. The summed E-state index contributed by atoms with van der Waals surface area (Å²) in [6.07, 6.45) is 5.96. The molecule has 0 radical (unpaired) electrons. The van der Waals surface area contributed by atoms with Crippen LogP contribution in [0.15, 0.2) is 24.8 Å². The maximum absolute atomic E-state index is 12.7. The lowest BCUT2D eigenvalue weighted by molar-refractivity contribution is 0.174. The Bertz CT molecular complexity index is 749. The average Bonchev–Trinajstić information content (AvgIpc) is 3.26. The van der Waals surface area contributed by atoms with Crippen LogP contribution in [0.5, 0.6) is 5.75 Å². The Morgan fingerprint density at radius 1 is 1.42 bits per heavy atom. The molecular formula is C16H18ClN5O2. The Morgan fingerprint density at radius 2 is 2.33 bits per heavy atom. The molecule has 1 aromatic heterocycles. The number of piperidine rings is 1. The molecule has 1 saturated heterocycles. The van der Waals surface area contributed by atoms with Gasteiger partial charge in [0.25, 0.3) is 0 Å². The first-order chi connectivity index (χ1) is 11.7. The zero-order valence-corrected chi connectivity index (χ0v) is 13.9. The standard InChI is InChI=1S/C16H18ClN5O2/c17-12-6-11-3-5-24-15(11)14(7-12)20-16(23)21-4-1-2-13(8-21)22-10-18-9-19-22/h6-7,9-10,13H,1-5,8H2,(H,20,23). The highest BCUT2D eigenvalue weighted by atomic mass is 35.5. The van der Waals surface area contributed by atoms with Crippen molar-refractivity contribution in [1.29, 1.82) is 0 Å². The van der Waals surface area contributed by atoms with Crippen LogP contribution in [-0.2, 0) is 6.42 Å². The van der Waals surface area contributed by atoms with Crippen molar-refractivity contribution in [1.82, 2.24) is 19.7 Å². The molecule has 2 aliphatic rings. The van der Waals surface area contributed by atoms with Gasteiger partial charge in [-0.1, -0.05) is 11.6 Å². The smallest absolute Gasteiger partial charge is 0.322 e. The maximum atomic E-state index is 12.7. The molecule has 4 rings (SSSR count). The molecule has 2 aromatic rings. The van der Waals surface area contributed by atoms with Crippen molar-refractivity contribution >= 4 is 23.3 Å². The van der Waals surface area contributed by atoms with E-state index in [9.17, 15) is 4.79 Å². The van der Waals surface area contributed by atoms with Crippen LogP contribution in [0, 0.1) is 0 Å². The van der Waals surface area contributed by atoms with E-state index in [-0.39, 0.29) is 12.1 Å². The number of nitrogens with zero attached hydrogens (tertiary/aromatic N) is 4. The maximum Gasteiger partial charge on any atom is 0.322 e. The lowest BCUT2D eigenvalue weighted by atomic mass is 10.1. The summed E-state index contributed by atoms with van der Waals surface area (Å²) in [7, 11) is 0. The Labute approximate surface area is 144 Å². The molecule has 126 valence electrons. The van der Waals surface area contributed by atoms with Crippen molar-refractivity contribution < 1.29 is 9.53 Å². The van der Waals surface area contributed by atoms with Gasteiger partial charge in [0.15, 0.2) is 0 Å². The summed E-state index contributed by atoms with van der Waals surface area (Å²) in [5, 5.41) is 7.74. The van der Waals surface area contributed by atoms with Crippen LogP contribution in [0.25, 0.3) is 0 Å². The molecule has 1 fully saturated rings. The minimum Gasteiger partial charge on any atom is -0.491 e. The Morgan fingerprint density at radius 3 is 3.17 bits per heavy atom. The van der Waals surface area contributed by atoms with E-state index in [1.807, 2.05) is 10.7 Å². The van der Waals surface area contributed by atoms with Gasteiger partial charge in [-0.15, -0.1) is 0 Å². The van der Waals surface area contributed by atoms with Crippen molar-refractivity contribution in [2.45, 2.75) is 25.3 Å². The van der Waals surface area contributed by atoms with E-state index in [0.29, 0.717) is 23.9 Å². The fraction of sp³-hybridized carbons (Fsp3) is 0.438. The fourth-order valence-electron chi connectivity index (χ4n) is 3.32. The molecule has 1 atom stereocenters. The molecule has 1 aromatic carbocycles. The number of anilines is 1. The van der Waals surface area contributed by atoms with Gasteiger partial charge < -0.3 is 15.0 Å². The van der Waals surface area contributed by atoms with Gasteiger partial charge in [0.1, 0.15) is 18.4 Å². The predicted molar refractivity (Wildman–Crippen MR) is 89.5 cm³/mol. The van der Waals surface area contributed by atoms with Gasteiger partial charge in [0.2, 0.25) is 0 Å². The lowest BCUT2D eigenvalue weighted by Gasteiger charge is -2.32. The number of likely N-dealkylation sites (tertiary alicyclic amines) is 1. The molecule has 3 heterocycles. The first-order valence-electron chi connectivity index (χ1n) is 8.06. The summed E-state index contributed by atoms with van der Waals surface area (Å²) in [4.78, 5) is 18.5. The number of hydrogen-bond donors (Lipinski definition) is 1. The summed E-state index contributed by atoms with van der Waals surface area (Å²) in [5.41, 5.74) is 1.68. The minimum atomic E-state index is -0.139. The monoisotopic (exact) mass is 347 g/mol. The second-order valence-corrected chi connectivity index (χ2v) is 6.52. The van der Waals surface area contributed by atoms with Gasteiger partial charge in [0.05, 0.1) is 18.3 Å². The number of aromatic nitrogens is 3. The van der Waals surface area contributed by atoms with E-state index in [2.05, 4.69) is 15.4 Å². The van der Waals surface area contributed by atoms with E-state index < -0.39 is 0 Å². The third kappa shape index (κ3) is 2.91. The summed E-state index contributed by atoms with van der Waals surface area (Å²) >= 11 is 6.15. The van der Waals surface area contributed by atoms with E-state index in [1.54, 1.807) is 17.3 Å². The first kappa shape index (κ1) is 15.3. The van der Waals surface area contributed by atoms with Gasteiger partial charge >= 0.3 is 6.03 Å². The molecular weight excluding hydrogens is 330 g/mol. The number of amides is 2. The van der Waals surface area contributed by atoms with Crippen LogP contribution in [-0.4, -0.2) is 45.4 Å². The normalized spacial score (nSPS) is 19.7. The summed E-state index contributed by atoms with van der Waals surface area (Å²) in [6.45, 7) is 1.95. The first-order valence-corrected chi connectivity index (χ1v) is 8.44. The number of nitrogens with one attached hydrogen (secondary N) is 1. The van der Waals surface area contributed by atoms with E-state index in [1.165, 1.54) is 6.33 Å². The zero-order chi connectivity index (χ0) is 16.5. The van der Waals surface area contributed by atoms with Crippen LogP contribution in [0.4, 0.5) is 10.5 Å². The number of carbonyl (C=O) groups excluding carboxylic acids is 1. The quantitative estimate of drug-likeness (QED) is 0.906. The number of ether oxygens (including phenoxy) is 1. The second-order valence-electron chi connectivity index (χ2n) is 6.09. The topological polar surface area (TPSA) is 72.3 Å². The van der Waals surface area contributed by atoms with Gasteiger partial charge in [-0.25, -0.2) is 14.5 Å². The number of fused-ring (bicyclic) bond motifs is 1. The summed E-state index contributed by atoms with van der Waals surface area (Å²) < 4.78 is 7.46. The van der Waals surface area contributed by atoms with Crippen molar-refractivity contribution in [3.63, 3.8) is 0 Å². The molecule has 0 saturated carbocycles. The van der Waals surface area contributed by atoms with E-state index in [0.717, 1.165) is 37.1 Å². The van der Waals surface area contributed by atoms with Crippen molar-refractivity contribution in [3.8, 4) is 5.75 Å². The lowest BCUT2D eigenvalue weighted by Crippen LogP contribution is -2.43. The molecule has 2 amide bonds. The Hall–Kier alpha value is -2.28. The van der Waals surface area contributed by atoms with Gasteiger partial charge in [-0.2, -0.15) is 5.10 Å². The van der Waals surface area contributed by atoms with Crippen LogP contribution < -0.4 is 10.1 Å². The number of benzene rings is 1. The SMILES string of the molecule is O=C(Nc1cc(Cl)cc2c1OCC2)N1CCCC(n2cncn2)C1. The molecule has 0 spiro atoms. The highest BCUT2D eigenvalue weighted by Crippen LogP contribution is 2.37. The molecule has 7 nitrogen and oxygen atoms in total. The van der Waals surface area contributed by atoms with Crippen LogP contribution in [0.2, 0.25) is 5.02 Å². The van der Waals surface area contributed by atoms with Crippen molar-refractivity contribution in [2.24, 2.45) is 0 Å². The van der Waals surface area contributed by atoms with Gasteiger partial charge in [-0.05, 0) is 25.0 Å². The molecule has 0 bridgehead atoms. The number of halogens is 1. The van der Waals surface area contributed by atoms with Crippen LogP contribution in [0.3, 0.4) is 0 Å². The highest BCUT2D eigenvalue weighted by Gasteiger charge is 2.27. The molecule has 1 unspecified atom stereocenters. The summed E-state index contributed by atoms with van der Waals surface area (Å²) in [5.74, 6) is 0.734. The van der Waals surface area contributed by atoms with Crippen molar-refractivity contribution in [2.75, 3.05) is 25.0 Å². The molecule has 1 N–H and O–H groups in total. The number of rotatable bonds is 2. The Balaban J connectivity index is 1.48. The predicted octanol–water partition coefficient (Wildman–Crippen LogP) is 2.74. The molecule has 24 heavy (non-hydrogen) atoms. The van der Waals surface area contributed by atoms with Crippen LogP contribution in [0.1, 0.15) is 24.4 Å². The number of urea groups is 1. The second kappa shape index (κ2) is 6.32. The van der Waals surface area contributed by atoms with Gasteiger partial charge in [0, 0.05) is 30.1 Å². The van der Waals surface area contributed by atoms with E-state index in [4.69, 9.17) is 16.3 Å². The minimum absolute atomic E-state index is 0.139. The molecule has 0 aliphatic carbocycles. The Kier molecular flexibility index (Phi) is 4.02. The molecule has 2 aliphatic heterocycles. The fourth-order valence-corrected chi connectivity index (χ4v) is 3.56. The zero-order valence-electron chi connectivity index (χ0n) is 13.1. The average molecular weight is 348 g/mol. The number of carbonyl (C=O) groups is 1. The van der Waals surface area contributed by atoms with Gasteiger partial charge in [-0.3, -0.25) is 0 Å². The molecule has 8 heteroatoms. The number of hydrogen-bond acceptors (Lipinski definition) is 4. The highest BCUT2D eigenvalue weighted by molar-refractivity contribution is 6.31. The van der Waals surface area contributed by atoms with Crippen molar-refractivity contribution in [3.05, 3.63) is 35.4 Å². The largest absolute Gasteiger partial charge is 0.491 e. The van der Waals surface area contributed by atoms with Crippen LogP contribution >= 0.6 is 11.6 Å².